The van der Waals surface area contributed by atoms with Gasteiger partial charge in [-0.05, 0) is 58.0 Å². The van der Waals surface area contributed by atoms with E-state index in [1.807, 2.05) is 13.8 Å². The Labute approximate surface area is 130 Å². The van der Waals surface area contributed by atoms with Crippen molar-refractivity contribution in [1.29, 1.82) is 0 Å². The second kappa shape index (κ2) is 7.59. The maximum atomic E-state index is 12.1. The highest BCUT2D eigenvalue weighted by molar-refractivity contribution is 5.80. The molecule has 1 fully saturated rings. The van der Waals surface area contributed by atoms with Crippen LogP contribution in [0, 0.1) is 5.41 Å². The van der Waals surface area contributed by atoms with E-state index in [1.54, 1.807) is 0 Å². The van der Waals surface area contributed by atoms with Crippen molar-refractivity contribution in [3.05, 3.63) is 0 Å². The highest BCUT2D eigenvalue weighted by atomic mass is 16.5. The van der Waals surface area contributed by atoms with Gasteiger partial charge in [0, 0.05) is 12.6 Å². The van der Waals surface area contributed by atoms with Gasteiger partial charge in [-0.25, -0.2) is 0 Å². The third-order valence-electron chi connectivity index (χ3n) is 5.50. The molecule has 0 aromatic rings. The second-order valence-corrected chi connectivity index (χ2v) is 6.83. The van der Waals surface area contributed by atoms with Crippen molar-refractivity contribution in [2.45, 2.75) is 71.9 Å². The lowest BCUT2D eigenvalue weighted by Gasteiger charge is -2.35. The summed E-state index contributed by atoms with van der Waals surface area (Å²) in [5, 5.41) is 3.31. The normalized spacial score (nSPS) is 22.8. The zero-order valence-electron chi connectivity index (χ0n) is 14.8. The van der Waals surface area contributed by atoms with Crippen LogP contribution >= 0.6 is 0 Å². The van der Waals surface area contributed by atoms with Crippen molar-refractivity contribution in [2.75, 3.05) is 26.7 Å². The van der Waals surface area contributed by atoms with E-state index in [9.17, 15) is 4.79 Å². The quantitative estimate of drug-likeness (QED) is 0.700. The molecular formula is C17H34N2O2. The predicted octanol–water partition coefficient (Wildman–Crippen LogP) is 2.82. The number of esters is 1. The summed E-state index contributed by atoms with van der Waals surface area (Å²) in [6, 6.07) is 0.383. The van der Waals surface area contributed by atoms with Crippen molar-refractivity contribution in [1.82, 2.24) is 10.2 Å². The summed E-state index contributed by atoms with van der Waals surface area (Å²) in [5.74, 6) is -0.160. The summed E-state index contributed by atoms with van der Waals surface area (Å²) in [6.45, 7) is 13.9. The van der Waals surface area contributed by atoms with Gasteiger partial charge in [-0.3, -0.25) is 4.79 Å². The van der Waals surface area contributed by atoms with Crippen LogP contribution in [-0.2, 0) is 9.53 Å². The number of hydrogen-bond acceptors (Lipinski definition) is 4. The van der Waals surface area contributed by atoms with Crippen molar-refractivity contribution >= 4 is 5.97 Å². The molecule has 1 aliphatic heterocycles. The van der Waals surface area contributed by atoms with Gasteiger partial charge >= 0.3 is 5.97 Å². The molecule has 1 heterocycles. The molecule has 0 aromatic heterocycles. The van der Waals surface area contributed by atoms with E-state index in [-0.39, 0.29) is 5.97 Å². The van der Waals surface area contributed by atoms with Gasteiger partial charge in [0.05, 0.1) is 7.11 Å². The Hall–Kier alpha value is -0.610. The maximum Gasteiger partial charge on any atom is 0.325 e. The van der Waals surface area contributed by atoms with Gasteiger partial charge < -0.3 is 15.0 Å². The Morgan fingerprint density at radius 3 is 2.43 bits per heavy atom. The summed E-state index contributed by atoms with van der Waals surface area (Å²) >= 11 is 0. The third kappa shape index (κ3) is 4.19. The van der Waals surface area contributed by atoms with Gasteiger partial charge in [0.25, 0.3) is 0 Å². The number of rotatable bonds is 8. The van der Waals surface area contributed by atoms with Crippen LogP contribution in [0.25, 0.3) is 0 Å². The molecule has 0 aliphatic carbocycles. The summed E-state index contributed by atoms with van der Waals surface area (Å²) in [7, 11) is 1.47. The molecule has 1 rings (SSSR count). The molecule has 1 saturated heterocycles. The lowest BCUT2D eigenvalue weighted by atomic mass is 9.82. The number of methoxy groups -OCH3 is 1. The first-order valence-electron chi connectivity index (χ1n) is 8.44. The molecule has 1 aliphatic rings. The van der Waals surface area contributed by atoms with Gasteiger partial charge in [0.15, 0.2) is 0 Å². The lowest BCUT2D eigenvalue weighted by molar-refractivity contribution is -0.148. The molecule has 124 valence electrons. The average molecular weight is 298 g/mol. The van der Waals surface area contributed by atoms with Crippen LogP contribution in [0.2, 0.25) is 0 Å². The van der Waals surface area contributed by atoms with Crippen LogP contribution in [0.4, 0.5) is 0 Å². The standard InChI is InChI=1S/C17H34N2O2/c1-7-17(8-2)10-11-19(13-17)14(4)12-16(5,18-9-3)15(20)21-6/h14,18H,7-13H2,1-6H3. The number of hydrogen-bond donors (Lipinski definition) is 1. The van der Waals surface area contributed by atoms with Gasteiger partial charge in [0.2, 0.25) is 0 Å². The highest BCUT2D eigenvalue weighted by Crippen LogP contribution is 2.38. The fourth-order valence-corrected chi connectivity index (χ4v) is 3.74. The summed E-state index contributed by atoms with van der Waals surface area (Å²) in [5.41, 5.74) is -0.110. The minimum absolute atomic E-state index is 0.160. The molecular weight excluding hydrogens is 264 g/mol. The number of carbonyl (C=O) groups is 1. The zero-order chi connectivity index (χ0) is 16.1. The van der Waals surface area contributed by atoms with Crippen LogP contribution in [0.5, 0.6) is 0 Å². The topological polar surface area (TPSA) is 41.6 Å². The summed E-state index contributed by atoms with van der Waals surface area (Å²) in [6.07, 6.45) is 4.56. The van der Waals surface area contributed by atoms with E-state index < -0.39 is 5.54 Å². The molecule has 0 amide bonds. The van der Waals surface area contributed by atoms with E-state index in [4.69, 9.17) is 4.74 Å². The van der Waals surface area contributed by atoms with Crippen LogP contribution < -0.4 is 5.32 Å². The number of nitrogens with zero attached hydrogens (tertiary/aromatic N) is 1. The Balaban J connectivity index is 2.71. The van der Waals surface area contributed by atoms with Crippen molar-refractivity contribution in [3.63, 3.8) is 0 Å². The van der Waals surface area contributed by atoms with E-state index >= 15 is 0 Å². The number of ether oxygens (including phenoxy) is 1. The fourth-order valence-electron chi connectivity index (χ4n) is 3.74. The zero-order valence-corrected chi connectivity index (χ0v) is 14.8. The minimum atomic E-state index is -0.591. The fraction of sp³-hybridized carbons (Fsp3) is 0.941. The molecule has 0 saturated carbocycles. The second-order valence-electron chi connectivity index (χ2n) is 6.83. The largest absolute Gasteiger partial charge is 0.468 e. The SMILES string of the molecule is CCNC(C)(CC(C)N1CCC(CC)(CC)C1)C(=O)OC. The smallest absolute Gasteiger partial charge is 0.325 e. The average Bonchev–Trinajstić information content (AvgIpc) is 2.91. The van der Waals surface area contributed by atoms with Crippen molar-refractivity contribution in [2.24, 2.45) is 5.41 Å². The Morgan fingerprint density at radius 2 is 2.00 bits per heavy atom. The predicted molar refractivity (Wildman–Crippen MR) is 87.4 cm³/mol. The van der Waals surface area contributed by atoms with Crippen LogP contribution in [0.3, 0.4) is 0 Å². The van der Waals surface area contributed by atoms with E-state index in [0.717, 1.165) is 26.1 Å². The Morgan fingerprint density at radius 1 is 1.38 bits per heavy atom. The molecule has 4 nitrogen and oxygen atoms in total. The number of likely N-dealkylation sites (tertiary alicyclic amines) is 1. The van der Waals surface area contributed by atoms with E-state index in [1.165, 1.54) is 26.4 Å². The first-order chi connectivity index (χ1) is 9.86. The number of carbonyl (C=O) groups excluding carboxylic acids is 1. The molecule has 0 spiro atoms. The van der Waals surface area contributed by atoms with Gasteiger partial charge in [-0.2, -0.15) is 0 Å². The summed E-state index contributed by atoms with van der Waals surface area (Å²) in [4.78, 5) is 14.7. The molecule has 1 N–H and O–H groups in total. The third-order valence-corrected chi connectivity index (χ3v) is 5.50. The Bertz CT molecular complexity index is 342. The van der Waals surface area contributed by atoms with Gasteiger partial charge in [0.1, 0.15) is 5.54 Å². The maximum absolute atomic E-state index is 12.1. The minimum Gasteiger partial charge on any atom is -0.468 e. The molecule has 21 heavy (non-hydrogen) atoms. The molecule has 0 aromatic carbocycles. The Kier molecular flexibility index (Phi) is 6.67. The monoisotopic (exact) mass is 298 g/mol. The summed E-state index contributed by atoms with van der Waals surface area (Å²) < 4.78 is 4.99. The first kappa shape index (κ1) is 18.4. The van der Waals surface area contributed by atoms with Crippen LogP contribution in [0.15, 0.2) is 0 Å². The van der Waals surface area contributed by atoms with E-state index in [0.29, 0.717) is 11.5 Å². The van der Waals surface area contributed by atoms with Crippen LogP contribution in [0.1, 0.15) is 60.3 Å². The highest BCUT2D eigenvalue weighted by Gasteiger charge is 2.41. The first-order valence-corrected chi connectivity index (χ1v) is 8.44. The molecule has 0 bridgehead atoms. The van der Waals surface area contributed by atoms with E-state index in [2.05, 4.69) is 31.0 Å². The molecule has 2 unspecified atom stereocenters. The van der Waals surface area contributed by atoms with Crippen molar-refractivity contribution < 1.29 is 9.53 Å². The van der Waals surface area contributed by atoms with Gasteiger partial charge in [-0.15, -0.1) is 0 Å². The molecule has 0 radical (unpaired) electrons. The molecule has 4 heteroatoms. The lowest BCUT2D eigenvalue weighted by Crippen LogP contribution is -2.54. The van der Waals surface area contributed by atoms with Crippen LogP contribution in [-0.4, -0.2) is 49.2 Å². The number of likely N-dealkylation sites (N-methyl/N-ethyl adjacent to an activating group) is 1. The molecule has 2 atom stereocenters. The number of nitrogens with one attached hydrogen (secondary N) is 1. The van der Waals surface area contributed by atoms with Crippen molar-refractivity contribution in [3.8, 4) is 0 Å². The van der Waals surface area contributed by atoms with Gasteiger partial charge in [-0.1, -0.05) is 20.8 Å².